The molecule has 160 valence electrons. The molecule has 0 unspecified atom stereocenters. The predicted molar refractivity (Wildman–Crippen MR) is 117 cm³/mol. The van der Waals surface area contributed by atoms with Crippen molar-refractivity contribution in [1.82, 2.24) is 24.2 Å². The molecule has 0 saturated carbocycles. The van der Waals surface area contributed by atoms with E-state index in [0.717, 1.165) is 11.3 Å². The molecule has 0 bridgehead atoms. The van der Waals surface area contributed by atoms with Gasteiger partial charge in [-0.05, 0) is 49.7 Å². The molecule has 8 nitrogen and oxygen atoms in total. The highest BCUT2D eigenvalue weighted by Gasteiger charge is 2.19. The van der Waals surface area contributed by atoms with Crippen LogP contribution < -0.4 is 0 Å². The Morgan fingerprint density at radius 1 is 1.00 bits per heavy atom. The lowest BCUT2D eigenvalue weighted by Gasteiger charge is -2.11. The van der Waals surface area contributed by atoms with Crippen LogP contribution in [0.25, 0.3) is 23.0 Å². The molecule has 31 heavy (non-hydrogen) atoms. The molecular weight excluding hydrogens is 414 g/mol. The molecule has 2 aromatic carbocycles. The Morgan fingerprint density at radius 3 is 2.32 bits per heavy atom. The van der Waals surface area contributed by atoms with Crippen molar-refractivity contribution in [2.75, 3.05) is 14.1 Å². The van der Waals surface area contributed by atoms with Gasteiger partial charge in [0.05, 0.1) is 11.4 Å². The lowest BCUT2D eigenvalue weighted by molar-refractivity contribution is 0.430. The van der Waals surface area contributed by atoms with Crippen LogP contribution >= 0.6 is 0 Å². The second-order valence-corrected chi connectivity index (χ2v) is 9.70. The Labute approximate surface area is 181 Å². The topological polar surface area (TPSA) is 94.1 Å². The summed E-state index contributed by atoms with van der Waals surface area (Å²) >= 11 is 0. The van der Waals surface area contributed by atoms with Gasteiger partial charge in [-0.3, -0.25) is 4.68 Å². The second-order valence-electron chi connectivity index (χ2n) is 7.55. The van der Waals surface area contributed by atoms with Gasteiger partial charge in [0.2, 0.25) is 15.8 Å². The number of aromatic nitrogens is 4. The predicted octanol–water partition coefficient (Wildman–Crippen LogP) is 3.52. The van der Waals surface area contributed by atoms with Gasteiger partial charge in [-0.2, -0.15) is 10.1 Å². The number of benzene rings is 2. The number of hydrogen-bond acceptors (Lipinski definition) is 6. The molecule has 0 radical (unpaired) electrons. The average Bonchev–Trinajstić information content (AvgIpc) is 3.37. The van der Waals surface area contributed by atoms with Crippen molar-refractivity contribution >= 4 is 10.0 Å². The molecule has 0 amide bonds. The molecule has 0 saturated heterocycles. The minimum atomic E-state index is -3.49. The number of nitrogens with zero attached hydrogens (tertiary/aromatic N) is 5. The third kappa shape index (κ3) is 4.28. The first kappa shape index (κ1) is 21.0. The number of hydrogen-bond donors (Lipinski definition) is 0. The summed E-state index contributed by atoms with van der Waals surface area (Å²) < 4.78 is 32.9. The third-order valence-electron chi connectivity index (χ3n) is 4.97. The molecule has 9 heteroatoms. The number of rotatable bonds is 6. The zero-order valence-electron chi connectivity index (χ0n) is 17.8. The van der Waals surface area contributed by atoms with Gasteiger partial charge in [-0.25, -0.2) is 12.7 Å². The van der Waals surface area contributed by atoms with Gasteiger partial charge >= 0.3 is 0 Å². The van der Waals surface area contributed by atoms with Crippen molar-refractivity contribution in [2.45, 2.75) is 25.3 Å². The lowest BCUT2D eigenvalue weighted by atomic mass is 10.1. The van der Waals surface area contributed by atoms with Crippen LogP contribution in [0.2, 0.25) is 0 Å². The first-order valence-corrected chi connectivity index (χ1v) is 11.1. The maximum atomic E-state index is 12.2. The quantitative estimate of drug-likeness (QED) is 0.458. The lowest BCUT2D eigenvalue weighted by Crippen LogP contribution is -2.22. The van der Waals surface area contributed by atoms with Crippen LogP contribution in [-0.2, 0) is 16.6 Å². The van der Waals surface area contributed by atoms with Crippen LogP contribution in [0.3, 0.4) is 0 Å². The van der Waals surface area contributed by atoms with Crippen molar-refractivity contribution in [3.05, 3.63) is 71.4 Å². The van der Waals surface area contributed by atoms with Crippen molar-refractivity contribution in [3.8, 4) is 23.0 Å². The average molecular weight is 438 g/mol. The summed E-state index contributed by atoms with van der Waals surface area (Å²) in [4.78, 5) is 4.64. The van der Waals surface area contributed by atoms with Gasteiger partial charge in [0.1, 0.15) is 0 Å². The minimum Gasteiger partial charge on any atom is -0.332 e. The normalized spacial score (nSPS) is 11.9. The van der Waals surface area contributed by atoms with E-state index >= 15 is 0 Å². The fourth-order valence-corrected chi connectivity index (χ4v) is 3.97. The fourth-order valence-electron chi connectivity index (χ4n) is 3.07. The smallest absolute Gasteiger partial charge is 0.278 e. The van der Waals surface area contributed by atoms with Crippen molar-refractivity contribution in [2.24, 2.45) is 0 Å². The Morgan fingerprint density at radius 2 is 1.68 bits per heavy atom. The van der Waals surface area contributed by atoms with Crippen LogP contribution in [0.15, 0.2) is 64.0 Å². The Hall–Kier alpha value is -3.30. The molecule has 0 aliphatic rings. The summed E-state index contributed by atoms with van der Waals surface area (Å²) in [5, 5.41) is 8.63. The van der Waals surface area contributed by atoms with Gasteiger partial charge in [-0.15, -0.1) is 0 Å². The van der Waals surface area contributed by atoms with Crippen molar-refractivity contribution in [1.29, 1.82) is 0 Å². The van der Waals surface area contributed by atoms with E-state index in [1.54, 1.807) is 12.1 Å². The zero-order chi connectivity index (χ0) is 22.2. The number of aryl methyl sites for hydroxylation is 2. The highest BCUT2D eigenvalue weighted by atomic mass is 32.2. The van der Waals surface area contributed by atoms with E-state index in [1.807, 2.05) is 17.7 Å². The van der Waals surface area contributed by atoms with Gasteiger partial charge in [-0.1, -0.05) is 35.0 Å². The van der Waals surface area contributed by atoms with Crippen LogP contribution in [0.5, 0.6) is 0 Å². The summed E-state index contributed by atoms with van der Waals surface area (Å²) in [6.07, 6.45) is 0. The maximum Gasteiger partial charge on any atom is 0.278 e. The van der Waals surface area contributed by atoms with E-state index in [1.165, 1.54) is 36.1 Å². The van der Waals surface area contributed by atoms with E-state index in [9.17, 15) is 8.42 Å². The molecule has 0 N–H and O–H groups in total. The second kappa shape index (κ2) is 8.09. The van der Waals surface area contributed by atoms with E-state index < -0.39 is 10.0 Å². The molecule has 0 fully saturated rings. The van der Waals surface area contributed by atoms with E-state index in [4.69, 9.17) is 4.52 Å². The van der Waals surface area contributed by atoms with Crippen LogP contribution in [0.1, 0.15) is 16.8 Å². The van der Waals surface area contributed by atoms with E-state index in [-0.39, 0.29) is 4.90 Å². The summed E-state index contributed by atoms with van der Waals surface area (Å²) in [7, 11) is -0.498. The Balaban J connectivity index is 1.56. The fraction of sp³-hybridized carbons (Fsp3) is 0.227. The standard InChI is InChI=1S/C22H23N5O3S/c1-15-5-7-17(8-6-15)14-27-16(2)13-20(24-27)22-23-21(25-30-22)18-9-11-19(12-10-18)31(28,29)26(3)4/h5-13H,14H2,1-4H3. The molecule has 0 aliphatic heterocycles. The maximum absolute atomic E-state index is 12.2. The van der Waals surface area contributed by atoms with E-state index in [0.29, 0.717) is 29.5 Å². The molecule has 2 heterocycles. The summed E-state index contributed by atoms with van der Waals surface area (Å²) in [5.74, 6) is 0.681. The number of sulfonamides is 1. The monoisotopic (exact) mass is 437 g/mol. The van der Waals surface area contributed by atoms with Gasteiger partial charge in [0.15, 0.2) is 5.69 Å². The largest absolute Gasteiger partial charge is 0.332 e. The molecule has 0 aliphatic carbocycles. The molecule has 0 atom stereocenters. The highest BCUT2D eigenvalue weighted by Crippen LogP contribution is 2.24. The Kier molecular flexibility index (Phi) is 5.47. The minimum absolute atomic E-state index is 0.204. The van der Waals surface area contributed by atoms with Crippen molar-refractivity contribution in [3.63, 3.8) is 0 Å². The van der Waals surface area contributed by atoms with Gasteiger partial charge in [0, 0.05) is 25.4 Å². The summed E-state index contributed by atoms with van der Waals surface area (Å²) in [5.41, 5.74) is 4.60. The molecule has 4 aromatic rings. The van der Waals surface area contributed by atoms with Crippen LogP contribution in [0.4, 0.5) is 0 Å². The summed E-state index contributed by atoms with van der Waals surface area (Å²) in [6, 6.07) is 16.6. The molecule has 2 aromatic heterocycles. The van der Waals surface area contributed by atoms with Gasteiger partial charge < -0.3 is 4.52 Å². The SMILES string of the molecule is Cc1ccc(Cn2nc(-c3nc(-c4ccc(S(=O)(=O)N(C)C)cc4)no3)cc2C)cc1. The molecular formula is C22H23N5O3S. The van der Waals surface area contributed by atoms with Gasteiger partial charge in [0.25, 0.3) is 5.89 Å². The highest BCUT2D eigenvalue weighted by molar-refractivity contribution is 7.89. The molecule has 4 rings (SSSR count). The first-order chi connectivity index (χ1) is 14.7. The van der Waals surface area contributed by atoms with Crippen LogP contribution in [-0.4, -0.2) is 46.7 Å². The molecule has 0 spiro atoms. The zero-order valence-corrected chi connectivity index (χ0v) is 18.6. The first-order valence-electron chi connectivity index (χ1n) is 9.71. The van der Waals surface area contributed by atoms with Crippen LogP contribution in [0, 0.1) is 13.8 Å². The third-order valence-corrected chi connectivity index (χ3v) is 6.80. The summed E-state index contributed by atoms with van der Waals surface area (Å²) in [6.45, 7) is 4.68. The van der Waals surface area contributed by atoms with E-state index in [2.05, 4.69) is 46.4 Å². The van der Waals surface area contributed by atoms with Crippen molar-refractivity contribution < 1.29 is 12.9 Å². The Bertz CT molecular complexity index is 1300.